The molecule has 5 nitrogen and oxygen atoms in total. The summed E-state index contributed by atoms with van der Waals surface area (Å²) in [6.07, 6.45) is 10.1. The van der Waals surface area contributed by atoms with E-state index in [0.29, 0.717) is 23.7 Å². The van der Waals surface area contributed by atoms with E-state index in [1.807, 2.05) is 23.1 Å². The molecule has 3 amide bonds. The number of carbonyl (C=O) groups is 2. The lowest BCUT2D eigenvalue weighted by atomic mass is 9.89. The Morgan fingerprint density at radius 1 is 1.06 bits per heavy atom. The number of halogens is 1. The zero-order valence-corrected chi connectivity index (χ0v) is 19.7. The van der Waals surface area contributed by atoms with Crippen LogP contribution in [0.15, 0.2) is 60.2 Å². The van der Waals surface area contributed by atoms with Gasteiger partial charge in [-0.25, -0.2) is 4.79 Å². The van der Waals surface area contributed by atoms with Crippen LogP contribution >= 0.6 is 11.6 Å². The van der Waals surface area contributed by atoms with Gasteiger partial charge < -0.3 is 15.5 Å². The van der Waals surface area contributed by atoms with E-state index in [-0.39, 0.29) is 17.9 Å². The number of hydrogen-bond acceptors (Lipinski definition) is 2. The molecule has 2 N–H and O–H groups in total. The van der Waals surface area contributed by atoms with Gasteiger partial charge in [0.05, 0.1) is 0 Å². The third-order valence-corrected chi connectivity index (χ3v) is 6.79. The normalized spacial score (nSPS) is 18.4. The molecule has 33 heavy (non-hydrogen) atoms. The molecule has 6 heteroatoms. The highest BCUT2D eigenvalue weighted by Crippen LogP contribution is 2.28. The van der Waals surface area contributed by atoms with Gasteiger partial charge in [-0.15, -0.1) is 0 Å². The van der Waals surface area contributed by atoms with Crippen molar-refractivity contribution in [1.29, 1.82) is 0 Å². The van der Waals surface area contributed by atoms with E-state index in [2.05, 4.69) is 22.8 Å². The van der Waals surface area contributed by atoms with Crippen LogP contribution in [0.2, 0.25) is 5.02 Å². The van der Waals surface area contributed by atoms with E-state index in [0.717, 1.165) is 43.5 Å². The molecule has 0 radical (unpaired) electrons. The fourth-order valence-corrected chi connectivity index (χ4v) is 4.80. The highest BCUT2D eigenvalue weighted by molar-refractivity contribution is 6.30. The molecule has 1 fully saturated rings. The highest BCUT2D eigenvalue weighted by atomic mass is 35.5. The summed E-state index contributed by atoms with van der Waals surface area (Å²) in [5.41, 5.74) is 4.00. The van der Waals surface area contributed by atoms with Gasteiger partial charge in [0.15, 0.2) is 0 Å². The summed E-state index contributed by atoms with van der Waals surface area (Å²) in [6.45, 7) is 2.04. The largest absolute Gasteiger partial charge is 0.352 e. The quantitative estimate of drug-likeness (QED) is 0.487. The second-order valence-corrected chi connectivity index (χ2v) is 9.40. The molecule has 1 heterocycles. The number of allylic oxidation sites excluding steroid dienone is 1. The van der Waals surface area contributed by atoms with E-state index in [4.69, 9.17) is 11.6 Å². The van der Waals surface area contributed by atoms with Gasteiger partial charge in [-0.05, 0) is 86.9 Å². The molecule has 0 aromatic heterocycles. The van der Waals surface area contributed by atoms with Crippen LogP contribution < -0.4 is 10.6 Å². The summed E-state index contributed by atoms with van der Waals surface area (Å²) in [6, 6.07) is 14.9. The number of urea groups is 1. The van der Waals surface area contributed by atoms with Crippen molar-refractivity contribution >= 4 is 29.2 Å². The molecule has 2 aromatic carbocycles. The lowest BCUT2D eigenvalue weighted by Gasteiger charge is -2.33. The van der Waals surface area contributed by atoms with Crippen LogP contribution in [0.25, 0.3) is 0 Å². The molecule has 1 aliphatic heterocycles. The molecule has 1 atom stereocenters. The van der Waals surface area contributed by atoms with Crippen LogP contribution in [0.3, 0.4) is 0 Å². The number of piperidine rings is 1. The summed E-state index contributed by atoms with van der Waals surface area (Å²) in [5.74, 6) is 0.191. The minimum absolute atomic E-state index is 0.0265. The van der Waals surface area contributed by atoms with Gasteiger partial charge in [-0.2, -0.15) is 0 Å². The third kappa shape index (κ3) is 6.61. The first kappa shape index (κ1) is 23.4. The molecule has 0 spiro atoms. The first-order chi connectivity index (χ1) is 16.1. The Morgan fingerprint density at radius 3 is 2.70 bits per heavy atom. The number of anilines is 1. The monoisotopic (exact) mass is 465 g/mol. The Hall–Kier alpha value is -2.79. The topological polar surface area (TPSA) is 61.4 Å². The third-order valence-electron chi connectivity index (χ3n) is 6.54. The summed E-state index contributed by atoms with van der Waals surface area (Å²) >= 11 is 5.93. The number of likely N-dealkylation sites (tertiary alicyclic amines) is 1. The van der Waals surface area contributed by atoms with Crippen molar-refractivity contribution in [2.45, 2.75) is 50.9 Å². The molecule has 174 valence electrons. The van der Waals surface area contributed by atoms with Gasteiger partial charge in [0.1, 0.15) is 0 Å². The van der Waals surface area contributed by atoms with E-state index < -0.39 is 0 Å². The Bertz CT molecular complexity index is 1000. The Labute approximate surface area is 201 Å². The standard InChI is InChI=1S/C27H32ClN3O2/c28-24-11-13-25(14-12-24)30-27(33)31-17-5-10-23(19-31)21-8-4-9-22(18-21)26(32)29-16-15-20-6-2-1-3-7-20/h4,6,8-9,11-14,18,23H,1-3,5,7,10,15-17,19H2,(H,29,32)(H,30,33)/t23-/m1/s1. The lowest BCUT2D eigenvalue weighted by molar-refractivity contribution is 0.0953. The van der Waals surface area contributed by atoms with Gasteiger partial charge >= 0.3 is 6.03 Å². The Kier molecular flexibility index (Phi) is 8.05. The van der Waals surface area contributed by atoms with E-state index >= 15 is 0 Å². The van der Waals surface area contributed by atoms with Crippen LogP contribution in [0.1, 0.15) is 66.8 Å². The van der Waals surface area contributed by atoms with E-state index in [1.54, 1.807) is 24.3 Å². The molecule has 1 saturated heterocycles. The van der Waals surface area contributed by atoms with Crippen molar-refractivity contribution < 1.29 is 9.59 Å². The number of nitrogens with one attached hydrogen (secondary N) is 2. The van der Waals surface area contributed by atoms with Gasteiger partial charge in [0.25, 0.3) is 5.91 Å². The van der Waals surface area contributed by atoms with Gasteiger partial charge in [-0.1, -0.05) is 35.4 Å². The lowest BCUT2D eigenvalue weighted by Crippen LogP contribution is -2.41. The van der Waals surface area contributed by atoms with Gasteiger partial charge in [0.2, 0.25) is 0 Å². The van der Waals surface area contributed by atoms with E-state index in [9.17, 15) is 9.59 Å². The van der Waals surface area contributed by atoms with Crippen molar-refractivity contribution in [3.63, 3.8) is 0 Å². The fourth-order valence-electron chi connectivity index (χ4n) is 4.67. The molecule has 0 saturated carbocycles. The zero-order valence-electron chi connectivity index (χ0n) is 19.0. The average Bonchev–Trinajstić information content (AvgIpc) is 2.86. The maximum absolute atomic E-state index is 12.8. The van der Waals surface area contributed by atoms with Crippen LogP contribution in [0.5, 0.6) is 0 Å². The number of carbonyl (C=O) groups excluding carboxylic acids is 2. The number of amides is 3. The summed E-state index contributed by atoms with van der Waals surface area (Å²) < 4.78 is 0. The molecule has 4 rings (SSSR count). The number of benzene rings is 2. The SMILES string of the molecule is O=C(NCCC1=CCCCC1)c1cccc([C@@H]2CCCN(C(=O)Nc3ccc(Cl)cc3)C2)c1. The van der Waals surface area contributed by atoms with Crippen LogP contribution in [0, 0.1) is 0 Å². The Balaban J connectivity index is 1.32. The van der Waals surface area contributed by atoms with Crippen molar-refractivity contribution in [1.82, 2.24) is 10.2 Å². The summed E-state index contributed by atoms with van der Waals surface area (Å²) in [4.78, 5) is 27.3. The highest BCUT2D eigenvalue weighted by Gasteiger charge is 2.25. The second-order valence-electron chi connectivity index (χ2n) is 8.96. The zero-order chi connectivity index (χ0) is 23.0. The summed E-state index contributed by atoms with van der Waals surface area (Å²) in [5, 5.41) is 6.66. The smallest absolute Gasteiger partial charge is 0.321 e. The molecule has 2 aliphatic rings. The maximum atomic E-state index is 12.8. The molecule has 0 bridgehead atoms. The first-order valence-corrected chi connectivity index (χ1v) is 12.3. The summed E-state index contributed by atoms with van der Waals surface area (Å²) in [7, 11) is 0. The minimum Gasteiger partial charge on any atom is -0.352 e. The first-order valence-electron chi connectivity index (χ1n) is 12.0. The molecular formula is C27H32ClN3O2. The molecule has 1 aliphatic carbocycles. The van der Waals surface area contributed by atoms with Crippen molar-refractivity contribution in [2.75, 3.05) is 25.0 Å². The molecular weight excluding hydrogens is 434 g/mol. The van der Waals surface area contributed by atoms with E-state index in [1.165, 1.54) is 24.8 Å². The number of nitrogens with zero attached hydrogens (tertiary/aromatic N) is 1. The van der Waals surface area contributed by atoms with Crippen LogP contribution in [0.4, 0.5) is 10.5 Å². The minimum atomic E-state index is -0.104. The van der Waals surface area contributed by atoms with Crippen molar-refractivity contribution in [3.05, 3.63) is 76.3 Å². The van der Waals surface area contributed by atoms with Crippen LogP contribution in [-0.2, 0) is 0 Å². The van der Waals surface area contributed by atoms with Crippen molar-refractivity contribution in [3.8, 4) is 0 Å². The number of hydrogen-bond donors (Lipinski definition) is 2. The predicted molar refractivity (Wildman–Crippen MR) is 134 cm³/mol. The molecule has 2 aromatic rings. The Morgan fingerprint density at radius 2 is 1.91 bits per heavy atom. The fraction of sp³-hybridized carbons (Fsp3) is 0.407. The van der Waals surface area contributed by atoms with Crippen molar-refractivity contribution in [2.24, 2.45) is 0 Å². The van der Waals surface area contributed by atoms with Gasteiger partial charge in [0, 0.05) is 41.8 Å². The van der Waals surface area contributed by atoms with Gasteiger partial charge in [-0.3, -0.25) is 4.79 Å². The number of rotatable bonds is 6. The molecule has 0 unspecified atom stereocenters. The maximum Gasteiger partial charge on any atom is 0.321 e. The average molecular weight is 466 g/mol. The second kappa shape index (κ2) is 11.4. The predicted octanol–water partition coefficient (Wildman–Crippen LogP) is 6.37. The van der Waals surface area contributed by atoms with Crippen LogP contribution in [-0.4, -0.2) is 36.5 Å².